The highest BCUT2D eigenvalue weighted by Crippen LogP contribution is 2.24. The van der Waals surface area contributed by atoms with Gasteiger partial charge in [0.25, 0.3) is 0 Å². The summed E-state index contributed by atoms with van der Waals surface area (Å²) in [5.41, 5.74) is 6.50. The topological polar surface area (TPSA) is 0 Å². The largest absolute Gasteiger partial charge is 0.206 e. The Morgan fingerprint density at radius 2 is 1.26 bits per heavy atom. The van der Waals surface area contributed by atoms with E-state index in [-0.39, 0.29) is 5.82 Å². The van der Waals surface area contributed by atoms with Crippen molar-refractivity contribution in [1.29, 1.82) is 0 Å². The molecular formula is C34H35F. The second-order valence-corrected chi connectivity index (χ2v) is 9.41. The zero-order valence-corrected chi connectivity index (χ0v) is 21.0. The van der Waals surface area contributed by atoms with Crippen LogP contribution in [-0.4, -0.2) is 0 Å². The van der Waals surface area contributed by atoms with E-state index in [9.17, 15) is 0 Å². The molecule has 178 valence electrons. The summed E-state index contributed by atoms with van der Waals surface area (Å²) in [6, 6.07) is 27.0. The number of benzene rings is 4. The van der Waals surface area contributed by atoms with Crippen molar-refractivity contribution in [2.75, 3.05) is 0 Å². The van der Waals surface area contributed by atoms with Crippen molar-refractivity contribution in [3.8, 4) is 23.0 Å². The van der Waals surface area contributed by atoms with Crippen LogP contribution in [-0.2, 0) is 12.8 Å². The van der Waals surface area contributed by atoms with Gasteiger partial charge < -0.3 is 0 Å². The summed E-state index contributed by atoms with van der Waals surface area (Å²) in [6.07, 6.45) is 9.06. The lowest BCUT2D eigenvalue weighted by molar-refractivity contribution is 0.595. The van der Waals surface area contributed by atoms with E-state index in [2.05, 4.69) is 74.2 Å². The van der Waals surface area contributed by atoms with Gasteiger partial charge >= 0.3 is 0 Å². The molecule has 0 heterocycles. The van der Waals surface area contributed by atoms with Crippen LogP contribution in [0.25, 0.3) is 21.9 Å². The molecule has 35 heavy (non-hydrogen) atoms. The predicted octanol–water partition coefficient (Wildman–Crippen LogP) is 9.51. The van der Waals surface area contributed by atoms with Gasteiger partial charge in [-0.05, 0) is 71.2 Å². The van der Waals surface area contributed by atoms with Crippen LogP contribution in [0, 0.1) is 17.7 Å². The quantitative estimate of drug-likeness (QED) is 0.172. The minimum atomic E-state index is -0.0733. The molecule has 0 aliphatic heterocycles. The molecule has 0 saturated heterocycles. The van der Waals surface area contributed by atoms with Gasteiger partial charge in [0.1, 0.15) is 5.82 Å². The van der Waals surface area contributed by atoms with Crippen LogP contribution < -0.4 is 0 Å². The maximum Gasteiger partial charge on any atom is 0.134 e. The van der Waals surface area contributed by atoms with Crippen LogP contribution in [0.5, 0.6) is 0 Å². The van der Waals surface area contributed by atoms with Crippen LogP contribution >= 0.6 is 0 Å². The third kappa shape index (κ3) is 6.61. The summed E-state index contributed by atoms with van der Waals surface area (Å²) in [7, 11) is 0. The molecular weight excluding hydrogens is 427 g/mol. The van der Waals surface area contributed by atoms with Crippen molar-refractivity contribution >= 4 is 10.8 Å². The van der Waals surface area contributed by atoms with Crippen LogP contribution in [0.1, 0.15) is 74.6 Å². The molecule has 4 rings (SSSR count). The number of aryl methyl sites for hydroxylation is 2. The number of unbranched alkanes of at least 4 members (excludes halogenated alkanes) is 4. The van der Waals surface area contributed by atoms with Crippen molar-refractivity contribution in [1.82, 2.24) is 0 Å². The molecule has 0 atom stereocenters. The van der Waals surface area contributed by atoms with E-state index in [0.29, 0.717) is 5.39 Å². The van der Waals surface area contributed by atoms with Crippen molar-refractivity contribution in [2.24, 2.45) is 0 Å². The predicted molar refractivity (Wildman–Crippen MR) is 148 cm³/mol. The maximum atomic E-state index is 15.0. The number of hydrogen-bond acceptors (Lipinski definition) is 0. The third-order valence-electron chi connectivity index (χ3n) is 6.65. The molecule has 0 bridgehead atoms. The monoisotopic (exact) mass is 462 g/mol. The van der Waals surface area contributed by atoms with Gasteiger partial charge in [0.15, 0.2) is 0 Å². The molecule has 0 aliphatic rings. The zero-order valence-electron chi connectivity index (χ0n) is 21.0. The summed E-state index contributed by atoms with van der Waals surface area (Å²) in [5.74, 6) is 6.43. The average molecular weight is 463 g/mol. The van der Waals surface area contributed by atoms with Gasteiger partial charge in [-0.3, -0.25) is 0 Å². The smallest absolute Gasteiger partial charge is 0.134 e. The standard InChI is InChI=1S/C34H35F/c1-3-5-6-7-8-10-31-22-23-32-25-28(17-24-33(32)34(31)35)12-11-27-15-20-30(21-16-27)29-18-13-26(9-4-2)14-19-29/h13-25H,3-10H2,1-2H3. The van der Waals surface area contributed by atoms with Gasteiger partial charge in [-0.2, -0.15) is 0 Å². The average Bonchev–Trinajstić information content (AvgIpc) is 2.89. The van der Waals surface area contributed by atoms with E-state index in [1.54, 1.807) is 0 Å². The van der Waals surface area contributed by atoms with Gasteiger partial charge in [0.2, 0.25) is 0 Å². The van der Waals surface area contributed by atoms with Crippen LogP contribution in [0.2, 0.25) is 0 Å². The lowest BCUT2D eigenvalue weighted by Crippen LogP contribution is -1.93. The second kappa shape index (κ2) is 12.4. The molecule has 0 unspecified atom stereocenters. The van der Waals surface area contributed by atoms with Crippen molar-refractivity contribution in [3.05, 3.63) is 107 Å². The first-order valence-electron chi connectivity index (χ1n) is 13.1. The Bertz CT molecular complexity index is 1300. The highest BCUT2D eigenvalue weighted by atomic mass is 19.1. The van der Waals surface area contributed by atoms with Gasteiger partial charge in [-0.1, -0.05) is 112 Å². The van der Waals surface area contributed by atoms with E-state index in [4.69, 9.17) is 0 Å². The number of halogens is 1. The van der Waals surface area contributed by atoms with Crippen LogP contribution in [0.3, 0.4) is 0 Å². The Balaban J connectivity index is 1.44. The first-order chi connectivity index (χ1) is 17.2. The number of rotatable bonds is 9. The summed E-state index contributed by atoms with van der Waals surface area (Å²) in [4.78, 5) is 0. The Morgan fingerprint density at radius 1 is 0.600 bits per heavy atom. The Kier molecular flexibility index (Phi) is 8.74. The molecule has 0 spiro atoms. The Hall–Kier alpha value is -3.37. The summed E-state index contributed by atoms with van der Waals surface area (Å²) >= 11 is 0. The fourth-order valence-electron chi connectivity index (χ4n) is 4.57. The fourth-order valence-corrected chi connectivity index (χ4v) is 4.57. The minimum Gasteiger partial charge on any atom is -0.206 e. The van der Waals surface area contributed by atoms with E-state index in [1.807, 2.05) is 30.3 Å². The maximum absolute atomic E-state index is 15.0. The highest BCUT2D eigenvalue weighted by molar-refractivity contribution is 5.85. The van der Waals surface area contributed by atoms with Gasteiger partial charge in [-0.25, -0.2) is 4.39 Å². The number of hydrogen-bond donors (Lipinski definition) is 0. The molecule has 0 aromatic heterocycles. The van der Waals surface area contributed by atoms with E-state index in [0.717, 1.165) is 41.3 Å². The van der Waals surface area contributed by atoms with Crippen molar-refractivity contribution < 1.29 is 4.39 Å². The highest BCUT2D eigenvalue weighted by Gasteiger charge is 2.08. The Morgan fingerprint density at radius 3 is 1.97 bits per heavy atom. The molecule has 0 aliphatic carbocycles. The molecule has 0 nitrogen and oxygen atoms in total. The van der Waals surface area contributed by atoms with Gasteiger partial charge in [0.05, 0.1) is 0 Å². The molecule has 1 heteroatoms. The minimum absolute atomic E-state index is 0.0733. The second-order valence-electron chi connectivity index (χ2n) is 9.41. The summed E-state index contributed by atoms with van der Waals surface area (Å²) in [5, 5.41) is 1.60. The number of fused-ring (bicyclic) bond motifs is 1. The van der Waals surface area contributed by atoms with Crippen molar-refractivity contribution in [3.63, 3.8) is 0 Å². The van der Waals surface area contributed by atoms with Crippen molar-refractivity contribution in [2.45, 2.75) is 65.2 Å². The van der Waals surface area contributed by atoms with Gasteiger partial charge in [-0.15, -0.1) is 0 Å². The van der Waals surface area contributed by atoms with E-state index < -0.39 is 0 Å². The summed E-state index contributed by atoms with van der Waals surface area (Å²) in [6.45, 7) is 4.42. The SMILES string of the molecule is CCCCCCCc1ccc2cc(C#Cc3ccc(-c4ccc(CCC)cc4)cc3)ccc2c1F. The van der Waals surface area contributed by atoms with Crippen LogP contribution in [0.15, 0.2) is 78.9 Å². The zero-order chi connectivity index (χ0) is 24.5. The molecule has 0 N–H and O–H groups in total. The van der Waals surface area contributed by atoms with Crippen LogP contribution in [0.4, 0.5) is 4.39 Å². The fraction of sp³-hybridized carbons (Fsp3) is 0.294. The first kappa shape index (κ1) is 24.7. The van der Waals surface area contributed by atoms with E-state index in [1.165, 1.54) is 48.8 Å². The lowest BCUT2D eigenvalue weighted by atomic mass is 9.99. The molecule has 4 aromatic carbocycles. The normalized spacial score (nSPS) is 10.8. The Labute approximate surface area is 210 Å². The first-order valence-corrected chi connectivity index (χ1v) is 13.1. The third-order valence-corrected chi connectivity index (χ3v) is 6.65. The lowest BCUT2D eigenvalue weighted by Gasteiger charge is -2.07. The molecule has 0 fully saturated rings. The molecule has 0 saturated carbocycles. The molecule has 4 aromatic rings. The molecule has 0 radical (unpaired) electrons. The van der Waals surface area contributed by atoms with E-state index >= 15 is 4.39 Å². The van der Waals surface area contributed by atoms with Gasteiger partial charge in [0, 0.05) is 16.5 Å². The molecule has 0 amide bonds. The summed E-state index contributed by atoms with van der Waals surface area (Å²) < 4.78 is 15.0.